The van der Waals surface area contributed by atoms with Crippen molar-refractivity contribution in [1.82, 2.24) is 0 Å². The third-order valence-electron chi connectivity index (χ3n) is 3.96. The number of ether oxygens (including phenoxy) is 1. The predicted octanol–water partition coefficient (Wildman–Crippen LogP) is 3.77. The van der Waals surface area contributed by atoms with E-state index in [1.807, 2.05) is 25.1 Å². The SMILES string of the molecule is CCOC(C(=O)Cc1cccc2ccccc12)C1CC1. The molecule has 2 nitrogen and oxygen atoms in total. The van der Waals surface area contributed by atoms with Crippen LogP contribution < -0.4 is 0 Å². The van der Waals surface area contributed by atoms with Gasteiger partial charge >= 0.3 is 0 Å². The van der Waals surface area contributed by atoms with Crippen molar-refractivity contribution in [3.05, 3.63) is 48.0 Å². The number of hydrogen-bond acceptors (Lipinski definition) is 2. The summed E-state index contributed by atoms with van der Waals surface area (Å²) < 4.78 is 5.66. The highest BCUT2D eigenvalue weighted by Gasteiger charge is 2.36. The average molecular weight is 268 g/mol. The van der Waals surface area contributed by atoms with Gasteiger partial charge in [0.05, 0.1) is 0 Å². The van der Waals surface area contributed by atoms with Crippen molar-refractivity contribution in [3.63, 3.8) is 0 Å². The maximum atomic E-state index is 12.5. The van der Waals surface area contributed by atoms with Crippen molar-refractivity contribution in [2.75, 3.05) is 6.61 Å². The number of ketones is 1. The van der Waals surface area contributed by atoms with E-state index in [9.17, 15) is 4.79 Å². The Morgan fingerprint density at radius 1 is 1.20 bits per heavy atom. The summed E-state index contributed by atoms with van der Waals surface area (Å²) in [5.74, 6) is 0.683. The van der Waals surface area contributed by atoms with Crippen molar-refractivity contribution in [2.45, 2.75) is 32.3 Å². The summed E-state index contributed by atoms with van der Waals surface area (Å²) in [7, 11) is 0. The lowest BCUT2D eigenvalue weighted by molar-refractivity contribution is -0.130. The Balaban J connectivity index is 1.83. The van der Waals surface area contributed by atoms with Gasteiger partial charge in [-0.25, -0.2) is 0 Å². The molecule has 0 amide bonds. The maximum Gasteiger partial charge on any atom is 0.166 e. The van der Waals surface area contributed by atoms with Gasteiger partial charge in [-0.3, -0.25) is 4.79 Å². The lowest BCUT2D eigenvalue weighted by Crippen LogP contribution is -2.28. The molecule has 2 heteroatoms. The molecule has 0 aromatic heterocycles. The van der Waals surface area contributed by atoms with E-state index < -0.39 is 0 Å². The monoisotopic (exact) mass is 268 g/mol. The van der Waals surface area contributed by atoms with E-state index in [0.717, 1.165) is 18.4 Å². The standard InChI is InChI=1S/C18H20O2/c1-2-20-18(14-10-11-14)17(19)12-15-8-5-7-13-6-3-4-9-16(13)15/h3-9,14,18H,2,10-12H2,1H3. The third kappa shape index (κ3) is 2.75. The zero-order valence-corrected chi connectivity index (χ0v) is 11.8. The second-order valence-electron chi connectivity index (χ2n) is 5.49. The summed E-state index contributed by atoms with van der Waals surface area (Å²) in [5.41, 5.74) is 1.11. The van der Waals surface area contributed by atoms with Gasteiger partial charge in [0.25, 0.3) is 0 Å². The molecular weight excluding hydrogens is 248 g/mol. The van der Waals surface area contributed by atoms with Crippen molar-refractivity contribution in [1.29, 1.82) is 0 Å². The normalized spacial score (nSPS) is 16.2. The molecule has 20 heavy (non-hydrogen) atoms. The van der Waals surface area contributed by atoms with E-state index >= 15 is 0 Å². The molecule has 3 rings (SSSR count). The third-order valence-corrected chi connectivity index (χ3v) is 3.96. The molecule has 1 aliphatic rings. The van der Waals surface area contributed by atoms with Crippen LogP contribution in [-0.4, -0.2) is 18.5 Å². The fourth-order valence-electron chi connectivity index (χ4n) is 2.81. The summed E-state index contributed by atoms with van der Waals surface area (Å²) in [6.45, 7) is 2.57. The first-order valence-corrected chi connectivity index (χ1v) is 7.40. The van der Waals surface area contributed by atoms with Gasteiger partial charge in [0.2, 0.25) is 0 Å². The number of Topliss-reactive ketones (excluding diaryl/α,β-unsaturated/α-hetero) is 1. The van der Waals surface area contributed by atoms with Gasteiger partial charge in [0.15, 0.2) is 5.78 Å². The minimum Gasteiger partial charge on any atom is -0.370 e. The van der Waals surface area contributed by atoms with Crippen molar-refractivity contribution in [3.8, 4) is 0 Å². The fraction of sp³-hybridized carbons (Fsp3) is 0.389. The zero-order chi connectivity index (χ0) is 13.9. The van der Waals surface area contributed by atoms with Crippen LogP contribution in [0.2, 0.25) is 0 Å². The van der Waals surface area contributed by atoms with Crippen LogP contribution in [0.25, 0.3) is 10.8 Å². The summed E-state index contributed by atoms with van der Waals surface area (Å²) in [6, 6.07) is 14.4. The Bertz CT molecular complexity index is 608. The Morgan fingerprint density at radius 2 is 1.95 bits per heavy atom. The highest BCUT2D eigenvalue weighted by atomic mass is 16.5. The predicted molar refractivity (Wildman–Crippen MR) is 80.8 cm³/mol. The largest absolute Gasteiger partial charge is 0.370 e. The summed E-state index contributed by atoms with van der Waals surface area (Å²) in [6.07, 6.45) is 2.54. The minimum atomic E-state index is -0.195. The molecule has 1 unspecified atom stereocenters. The summed E-state index contributed by atoms with van der Waals surface area (Å²) in [5, 5.41) is 2.37. The molecular formula is C18H20O2. The van der Waals surface area contributed by atoms with Crippen LogP contribution in [-0.2, 0) is 16.0 Å². The van der Waals surface area contributed by atoms with Gasteiger partial charge in [-0.1, -0.05) is 42.5 Å². The Hall–Kier alpha value is -1.67. The number of benzene rings is 2. The molecule has 0 heterocycles. The Kier molecular flexibility index (Phi) is 3.83. The van der Waals surface area contributed by atoms with Crippen LogP contribution >= 0.6 is 0 Å². The van der Waals surface area contributed by atoms with Crippen molar-refractivity contribution >= 4 is 16.6 Å². The second kappa shape index (κ2) is 5.76. The van der Waals surface area contributed by atoms with Crippen molar-refractivity contribution in [2.24, 2.45) is 5.92 Å². The molecule has 0 radical (unpaired) electrons. The number of carbonyl (C=O) groups excluding carboxylic acids is 1. The lowest BCUT2D eigenvalue weighted by atomic mass is 9.97. The molecule has 1 saturated carbocycles. The number of rotatable bonds is 6. The molecule has 1 atom stereocenters. The minimum absolute atomic E-state index is 0.195. The lowest BCUT2D eigenvalue weighted by Gasteiger charge is -2.15. The highest BCUT2D eigenvalue weighted by Crippen LogP contribution is 2.35. The maximum absolute atomic E-state index is 12.5. The van der Waals surface area contributed by atoms with E-state index in [2.05, 4.69) is 24.3 Å². The van der Waals surface area contributed by atoms with Crippen LogP contribution in [0.1, 0.15) is 25.3 Å². The van der Waals surface area contributed by atoms with Gasteiger partial charge in [-0.2, -0.15) is 0 Å². The topological polar surface area (TPSA) is 26.3 Å². The molecule has 0 N–H and O–H groups in total. The van der Waals surface area contributed by atoms with E-state index in [1.54, 1.807) is 0 Å². The number of fused-ring (bicyclic) bond motifs is 1. The van der Waals surface area contributed by atoms with Gasteiger partial charge < -0.3 is 4.74 Å². The first-order chi connectivity index (χ1) is 9.79. The Morgan fingerprint density at radius 3 is 2.70 bits per heavy atom. The van der Waals surface area contributed by atoms with Gasteiger partial charge in [-0.15, -0.1) is 0 Å². The molecule has 2 aromatic rings. The van der Waals surface area contributed by atoms with Crippen LogP contribution in [0.3, 0.4) is 0 Å². The second-order valence-corrected chi connectivity index (χ2v) is 5.49. The molecule has 2 aromatic carbocycles. The molecule has 0 bridgehead atoms. The smallest absolute Gasteiger partial charge is 0.166 e. The number of hydrogen-bond donors (Lipinski definition) is 0. The van der Waals surface area contributed by atoms with Crippen LogP contribution in [0.5, 0.6) is 0 Å². The van der Waals surface area contributed by atoms with Crippen LogP contribution in [0, 0.1) is 5.92 Å². The van der Waals surface area contributed by atoms with Crippen LogP contribution in [0.4, 0.5) is 0 Å². The molecule has 0 saturated heterocycles. The first-order valence-electron chi connectivity index (χ1n) is 7.40. The van der Waals surface area contributed by atoms with E-state index in [0.29, 0.717) is 18.9 Å². The van der Waals surface area contributed by atoms with Gasteiger partial charge in [-0.05, 0) is 42.0 Å². The highest BCUT2D eigenvalue weighted by molar-refractivity contribution is 5.92. The molecule has 1 aliphatic carbocycles. The first kappa shape index (κ1) is 13.3. The summed E-state index contributed by atoms with van der Waals surface area (Å²) in [4.78, 5) is 12.5. The molecule has 1 fully saturated rings. The average Bonchev–Trinajstić information content (AvgIpc) is 3.29. The molecule has 0 spiro atoms. The van der Waals surface area contributed by atoms with E-state index in [4.69, 9.17) is 4.74 Å². The van der Waals surface area contributed by atoms with Crippen molar-refractivity contribution < 1.29 is 9.53 Å². The quantitative estimate of drug-likeness (QED) is 0.797. The summed E-state index contributed by atoms with van der Waals surface area (Å²) >= 11 is 0. The van der Waals surface area contributed by atoms with Crippen LogP contribution in [0.15, 0.2) is 42.5 Å². The zero-order valence-electron chi connectivity index (χ0n) is 11.8. The fourth-order valence-corrected chi connectivity index (χ4v) is 2.81. The Labute approximate surface area is 119 Å². The number of carbonyl (C=O) groups is 1. The van der Waals surface area contributed by atoms with E-state index in [-0.39, 0.29) is 11.9 Å². The molecule has 0 aliphatic heterocycles. The molecule has 104 valence electrons. The van der Waals surface area contributed by atoms with Gasteiger partial charge in [0.1, 0.15) is 6.10 Å². The van der Waals surface area contributed by atoms with Gasteiger partial charge in [0, 0.05) is 13.0 Å². The van der Waals surface area contributed by atoms with E-state index in [1.165, 1.54) is 10.8 Å².